The van der Waals surface area contributed by atoms with Crippen LogP contribution >= 0.6 is 0 Å². The number of hydrogen-bond acceptors (Lipinski definition) is 5. The standard InChI is InChI=1S/C28H36N6O2/c1-3-14-33-21-25(19-30-33)28(36)32-17-8-15-31(22-26-11-6-7-13-29-26)16-9-18-34(23(2)35)27-12-5-4-10-24(27)20-32/h4-7,10-13,19,21H,3,8-9,14-18,20,22H2,1-2H3. The van der Waals surface area contributed by atoms with Gasteiger partial charge in [-0.15, -0.1) is 0 Å². The minimum atomic E-state index is -0.0325. The molecule has 2 amide bonds. The molecule has 1 aliphatic heterocycles. The van der Waals surface area contributed by atoms with Crippen LogP contribution in [0.5, 0.6) is 0 Å². The van der Waals surface area contributed by atoms with Gasteiger partial charge in [-0.2, -0.15) is 5.10 Å². The van der Waals surface area contributed by atoms with Crippen LogP contribution in [0.3, 0.4) is 0 Å². The van der Waals surface area contributed by atoms with Gasteiger partial charge in [-0.05, 0) is 43.0 Å². The van der Waals surface area contributed by atoms with Crippen LogP contribution in [0.25, 0.3) is 0 Å². The van der Waals surface area contributed by atoms with E-state index in [4.69, 9.17) is 0 Å². The summed E-state index contributed by atoms with van der Waals surface area (Å²) in [6.45, 7) is 8.61. The van der Waals surface area contributed by atoms with Crippen LogP contribution in [0.4, 0.5) is 5.69 Å². The summed E-state index contributed by atoms with van der Waals surface area (Å²) < 4.78 is 1.82. The third-order valence-corrected chi connectivity index (χ3v) is 6.51. The number of anilines is 1. The van der Waals surface area contributed by atoms with Gasteiger partial charge in [0, 0.05) is 70.8 Å². The van der Waals surface area contributed by atoms with Crippen molar-refractivity contribution in [1.82, 2.24) is 24.6 Å². The maximum Gasteiger partial charge on any atom is 0.257 e. The Morgan fingerprint density at radius 3 is 2.50 bits per heavy atom. The van der Waals surface area contributed by atoms with Gasteiger partial charge in [0.15, 0.2) is 0 Å². The van der Waals surface area contributed by atoms with E-state index in [-0.39, 0.29) is 11.8 Å². The quantitative estimate of drug-likeness (QED) is 0.543. The van der Waals surface area contributed by atoms with Crippen LogP contribution in [0.15, 0.2) is 61.1 Å². The number of nitrogens with zero attached hydrogens (tertiary/aromatic N) is 6. The van der Waals surface area contributed by atoms with Gasteiger partial charge in [0.2, 0.25) is 5.91 Å². The Bertz CT molecular complexity index is 1150. The number of aryl methyl sites for hydroxylation is 1. The lowest BCUT2D eigenvalue weighted by molar-refractivity contribution is -0.116. The van der Waals surface area contributed by atoms with Crippen molar-refractivity contribution in [2.45, 2.75) is 52.7 Å². The summed E-state index contributed by atoms with van der Waals surface area (Å²) in [5, 5.41) is 4.36. The molecule has 1 aromatic carbocycles. The van der Waals surface area contributed by atoms with E-state index >= 15 is 0 Å². The second-order valence-electron chi connectivity index (χ2n) is 9.32. The molecule has 0 saturated carbocycles. The summed E-state index contributed by atoms with van der Waals surface area (Å²) in [7, 11) is 0. The van der Waals surface area contributed by atoms with E-state index < -0.39 is 0 Å². The number of pyridine rings is 1. The molecule has 0 atom stereocenters. The first-order chi connectivity index (χ1) is 17.5. The van der Waals surface area contributed by atoms with Gasteiger partial charge in [-0.3, -0.25) is 24.2 Å². The fourth-order valence-electron chi connectivity index (χ4n) is 4.75. The van der Waals surface area contributed by atoms with Crippen LogP contribution in [0.1, 0.15) is 54.7 Å². The van der Waals surface area contributed by atoms with Crippen molar-refractivity contribution in [3.63, 3.8) is 0 Å². The highest BCUT2D eigenvalue weighted by molar-refractivity contribution is 5.94. The zero-order valence-electron chi connectivity index (χ0n) is 21.3. The van der Waals surface area contributed by atoms with Crippen molar-refractivity contribution < 1.29 is 9.59 Å². The molecular formula is C28H36N6O2. The Labute approximate surface area is 213 Å². The van der Waals surface area contributed by atoms with Crippen LogP contribution in [0, 0.1) is 0 Å². The largest absolute Gasteiger partial charge is 0.334 e. The smallest absolute Gasteiger partial charge is 0.257 e. The van der Waals surface area contributed by atoms with E-state index in [1.807, 2.05) is 69.3 Å². The molecule has 190 valence electrons. The number of benzene rings is 1. The Morgan fingerprint density at radius 2 is 1.75 bits per heavy atom. The molecular weight excluding hydrogens is 452 g/mol. The molecule has 1 aliphatic rings. The number of hydrogen-bond donors (Lipinski definition) is 0. The summed E-state index contributed by atoms with van der Waals surface area (Å²) in [5.41, 5.74) is 3.48. The summed E-state index contributed by atoms with van der Waals surface area (Å²) in [6.07, 6.45) is 7.98. The lowest BCUT2D eigenvalue weighted by atomic mass is 10.1. The van der Waals surface area contributed by atoms with Crippen molar-refractivity contribution >= 4 is 17.5 Å². The fraction of sp³-hybridized carbons (Fsp3) is 0.429. The van der Waals surface area contributed by atoms with Gasteiger partial charge < -0.3 is 9.80 Å². The molecule has 8 nitrogen and oxygen atoms in total. The highest BCUT2D eigenvalue weighted by Crippen LogP contribution is 2.24. The zero-order chi connectivity index (χ0) is 25.3. The maximum absolute atomic E-state index is 13.6. The Morgan fingerprint density at radius 1 is 0.972 bits per heavy atom. The number of rotatable bonds is 5. The molecule has 0 spiro atoms. The van der Waals surface area contributed by atoms with Crippen molar-refractivity contribution in [1.29, 1.82) is 0 Å². The minimum Gasteiger partial charge on any atom is -0.334 e. The first-order valence-corrected chi connectivity index (χ1v) is 12.8. The Kier molecular flexibility index (Phi) is 8.84. The van der Waals surface area contributed by atoms with Crippen molar-refractivity contribution in [3.8, 4) is 0 Å². The normalized spacial score (nSPS) is 15.6. The van der Waals surface area contributed by atoms with Crippen molar-refractivity contribution in [2.24, 2.45) is 0 Å². The SMILES string of the molecule is CCCn1cc(C(=O)N2CCCN(Cc3ccccn3)CCCN(C(C)=O)c3ccccc3C2)cn1. The molecule has 0 unspecified atom stereocenters. The molecule has 0 aliphatic carbocycles. The molecule has 4 rings (SSSR count). The first kappa shape index (κ1) is 25.6. The Balaban J connectivity index is 1.61. The molecule has 0 fully saturated rings. The van der Waals surface area contributed by atoms with E-state index in [2.05, 4.69) is 21.9 Å². The van der Waals surface area contributed by atoms with Gasteiger partial charge in [0.1, 0.15) is 0 Å². The number of aromatic nitrogens is 3. The second-order valence-corrected chi connectivity index (χ2v) is 9.32. The summed E-state index contributed by atoms with van der Waals surface area (Å²) in [5.74, 6) is -0.0237. The van der Waals surface area contributed by atoms with E-state index in [1.54, 1.807) is 13.1 Å². The van der Waals surface area contributed by atoms with Crippen LogP contribution in [0.2, 0.25) is 0 Å². The summed E-state index contributed by atoms with van der Waals surface area (Å²) in [4.78, 5) is 36.9. The molecule has 0 radical (unpaired) electrons. The van der Waals surface area contributed by atoms with E-state index in [9.17, 15) is 9.59 Å². The summed E-state index contributed by atoms with van der Waals surface area (Å²) >= 11 is 0. The van der Waals surface area contributed by atoms with Crippen molar-refractivity contribution in [2.75, 3.05) is 31.1 Å². The van der Waals surface area contributed by atoms with Crippen molar-refractivity contribution in [3.05, 3.63) is 77.9 Å². The first-order valence-electron chi connectivity index (χ1n) is 12.8. The van der Waals surface area contributed by atoms with E-state index in [0.717, 1.165) is 62.4 Å². The van der Waals surface area contributed by atoms with Gasteiger partial charge >= 0.3 is 0 Å². The third-order valence-electron chi connectivity index (χ3n) is 6.51. The Hall–Kier alpha value is -3.52. The molecule has 3 aromatic rings. The van der Waals surface area contributed by atoms with Crippen LogP contribution < -0.4 is 4.90 Å². The number of fused-ring (bicyclic) bond motifs is 1. The van der Waals surface area contributed by atoms with E-state index in [0.29, 0.717) is 25.2 Å². The third kappa shape index (κ3) is 6.57. The molecule has 0 saturated heterocycles. The minimum absolute atomic E-state index is 0.00880. The van der Waals surface area contributed by atoms with Gasteiger partial charge in [0.05, 0.1) is 17.5 Å². The van der Waals surface area contributed by atoms with Crippen LogP contribution in [-0.2, 0) is 24.4 Å². The number of carbonyl (C=O) groups is 2. The molecule has 3 heterocycles. The fourth-order valence-corrected chi connectivity index (χ4v) is 4.75. The molecule has 2 aromatic heterocycles. The van der Waals surface area contributed by atoms with Crippen LogP contribution in [-0.4, -0.2) is 62.6 Å². The average molecular weight is 489 g/mol. The monoisotopic (exact) mass is 488 g/mol. The number of carbonyl (C=O) groups excluding carboxylic acids is 2. The maximum atomic E-state index is 13.6. The number of amides is 2. The lowest BCUT2D eigenvalue weighted by Gasteiger charge is -2.31. The molecule has 36 heavy (non-hydrogen) atoms. The van der Waals surface area contributed by atoms with E-state index in [1.165, 1.54) is 0 Å². The molecule has 8 heteroatoms. The van der Waals surface area contributed by atoms with Gasteiger partial charge in [-0.25, -0.2) is 0 Å². The van der Waals surface area contributed by atoms with Gasteiger partial charge in [-0.1, -0.05) is 31.2 Å². The highest BCUT2D eigenvalue weighted by atomic mass is 16.2. The van der Waals surface area contributed by atoms with Gasteiger partial charge in [0.25, 0.3) is 5.91 Å². The summed E-state index contributed by atoms with van der Waals surface area (Å²) in [6, 6.07) is 13.9. The average Bonchev–Trinajstić information content (AvgIpc) is 3.34. The predicted octanol–water partition coefficient (Wildman–Crippen LogP) is 3.98. The molecule has 0 bridgehead atoms. The predicted molar refractivity (Wildman–Crippen MR) is 140 cm³/mol. The lowest BCUT2D eigenvalue weighted by Crippen LogP contribution is -2.38. The molecule has 0 N–H and O–H groups in total. The number of para-hydroxylation sites is 1. The topological polar surface area (TPSA) is 74.6 Å². The zero-order valence-corrected chi connectivity index (χ0v) is 21.3. The highest BCUT2D eigenvalue weighted by Gasteiger charge is 2.23. The second kappa shape index (κ2) is 12.4.